The van der Waals surface area contributed by atoms with Gasteiger partial charge in [0.25, 0.3) is 0 Å². The molecule has 0 aliphatic heterocycles. The lowest BCUT2D eigenvalue weighted by molar-refractivity contribution is 0.907. The highest BCUT2D eigenvalue weighted by Gasteiger charge is 2.10. The highest BCUT2D eigenvalue weighted by Crippen LogP contribution is 2.23. The molecular formula is C16H14ClN3S. The summed E-state index contributed by atoms with van der Waals surface area (Å²) in [6, 6.07) is 15.8. The molecule has 3 rings (SSSR count). The lowest BCUT2D eigenvalue weighted by Crippen LogP contribution is -2.17. The molecule has 106 valence electrons. The van der Waals surface area contributed by atoms with Crippen LogP contribution in [-0.4, -0.2) is 17.0 Å². The minimum Gasteiger partial charge on any atom is -0.354 e. The number of halogens is 1. The third-order valence-electron chi connectivity index (χ3n) is 3.08. The largest absolute Gasteiger partial charge is 0.354 e. The van der Waals surface area contributed by atoms with Crippen LogP contribution in [0.25, 0.3) is 11.4 Å². The molecule has 0 saturated carbocycles. The van der Waals surface area contributed by atoms with E-state index in [1.54, 1.807) is 17.4 Å². The first-order valence-electron chi connectivity index (χ1n) is 6.56. The molecule has 0 unspecified atom stereocenters. The topological polar surface area (TPSA) is 29.0 Å². The van der Waals surface area contributed by atoms with Crippen molar-refractivity contribution >= 4 is 28.8 Å². The molecular weight excluding hydrogens is 302 g/mol. The molecule has 0 spiro atoms. The number of rotatable bonds is 4. The third kappa shape index (κ3) is 3.40. The van der Waals surface area contributed by atoms with E-state index in [2.05, 4.69) is 32.4 Å². The molecule has 1 aromatic carbocycles. The van der Waals surface area contributed by atoms with Crippen molar-refractivity contribution in [1.29, 1.82) is 0 Å². The number of nitrogens with zero attached hydrogens (tertiary/aromatic N) is 3. The average molecular weight is 316 g/mol. The van der Waals surface area contributed by atoms with E-state index in [4.69, 9.17) is 11.6 Å². The van der Waals surface area contributed by atoms with Gasteiger partial charge in [-0.1, -0.05) is 48.0 Å². The van der Waals surface area contributed by atoms with Crippen molar-refractivity contribution in [2.24, 2.45) is 0 Å². The molecule has 2 heterocycles. The zero-order valence-electron chi connectivity index (χ0n) is 11.5. The predicted molar refractivity (Wildman–Crippen MR) is 88.9 cm³/mol. The summed E-state index contributed by atoms with van der Waals surface area (Å²) in [6.07, 6.45) is 0. The van der Waals surface area contributed by atoms with Crippen molar-refractivity contribution in [1.82, 2.24) is 9.97 Å². The Kier molecular flexibility index (Phi) is 4.18. The van der Waals surface area contributed by atoms with Crippen LogP contribution in [-0.2, 0) is 6.54 Å². The molecule has 0 atom stereocenters. The van der Waals surface area contributed by atoms with Crippen LogP contribution < -0.4 is 4.90 Å². The highest BCUT2D eigenvalue weighted by atomic mass is 35.5. The summed E-state index contributed by atoms with van der Waals surface area (Å²) >= 11 is 7.88. The normalized spacial score (nSPS) is 10.6. The fourth-order valence-electron chi connectivity index (χ4n) is 2.03. The van der Waals surface area contributed by atoms with Gasteiger partial charge >= 0.3 is 0 Å². The molecule has 2 aromatic heterocycles. The van der Waals surface area contributed by atoms with Crippen LogP contribution in [0.4, 0.5) is 5.82 Å². The molecule has 3 aromatic rings. The minimum absolute atomic E-state index is 0.455. The Morgan fingerprint density at radius 2 is 1.90 bits per heavy atom. The average Bonchev–Trinajstić information content (AvgIpc) is 3.00. The Morgan fingerprint density at radius 3 is 2.62 bits per heavy atom. The summed E-state index contributed by atoms with van der Waals surface area (Å²) in [5, 5.41) is 2.53. The van der Waals surface area contributed by atoms with Gasteiger partial charge in [0.1, 0.15) is 11.0 Å². The van der Waals surface area contributed by atoms with Crippen LogP contribution in [0, 0.1) is 0 Å². The summed E-state index contributed by atoms with van der Waals surface area (Å²) in [5.41, 5.74) is 0.964. The van der Waals surface area contributed by atoms with Gasteiger partial charge in [-0.05, 0) is 11.4 Å². The quantitative estimate of drug-likeness (QED) is 0.664. The second-order valence-corrected chi connectivity index (χ2v) is 6.09. The summed E-state index contributed by atoms with van der Waals surface area (Å²) < 4.78 is 0. The van der Waals surface area contributed by atoms with Gasteiger partial charge in [-0.15, -0.1) is 11.3 Å². The SMILES string of the molecule is CN(Cc1cccs1)c1cc(Cl)nc(-c2ccccc2)n1. The Morgan fingerprint density at radius 1 is 1.10 bits per heavy atom. The van der Waals surface area contributed by atoms with Gasteiger partial charge < -0.3 is 4.90 Å². The van der Waals surface area contributed by atoms with Crippen molar-refractivity contribution in [2.75, 3.05) is 11.9 Å². The van der Waals surface area contributed by atoms with E-state index in [1.165, 1.54) is 4.88 Å². The minimum atomic E-state index is 0.455. The maximum absolute atomic E-state index is 6.15. The molecule has 0 fully saturated rings. The Bertz CT molecular complexity index is 714. The van der Waals surface area contributed by atoms with Gasteiger partial charge in [0.05, 0.1) is 6.54 Å². The van der Waals surface area contributed by atoms with Crippen molar-refractivity contribution < 1.29 is 0 Å². The predicted octanol–water partition coefficient (Wildman–Crippen LogP) is 4.49. The van der Waals surface area contributed by atoms with E-state index >= 15 is 0 Å². The van der Waals surface area contributed by atoms with Crippen LogP contribution in [0.2, 0.25) is 5.15 Å². The van der Waals surface area contributed by atoms with Crippen LogP contribution in [0.5, 0.6) is 0 Å². The van der Waals surface area contributed by atoms with Crippen LogP contribution in [0.15, 0.2) is 53.9 Å². The summed E-state index contributed by atoms with van der Waals surface area (Å²) in [4.78, 5) is 12.3. The molecule has 5 heteroatoms. The molecule has 0 amide bonds. The third-order valence-corrected chi connectivity index (χ3v) is 4.13. The van der Waals surface area contributed by atoms with Gasteiger partial charge in [0, 0.05) is 23.6 Å². The summed E-state index contributed by atoms with van der Waals surface area (Å²) in [7, 11) is 2.01. The van der Waals surface area contributed by atoms with Crippen LogP contribution in [0.1, 0.15) is 4.88 Å². The zero-order chi connectivity index (χ0) is 14.7. The van der Waals surface area contributed by atoms with E-state index in [1.807, 2.05) is 37.4 Å². The molecule has 21 heavy (non-hydrogen) atoms. The Balaban J connectivity index is 1.90. The van der Waals surface area contributed by atoms with Gasteiger partial charge in [0.2, 0.25) is 0 Å². The lowest BCUT2D eigenvalue weighted by Gasteiger charge is -2.18. The number of thiophene rings is 1. The molecule has 0 N–H and O–H groups in total. The molecule has 0 saturated heterocycles. The van der Waals surface area contributed by atoms with Crippen molar-refractivity contribution in [3.05, 3.63) is 63.9 Å². The van der Waals surface area contributed by atoms with Crippen LogP contribution in [0.3, 0.4) is 0 Å². The first kappa shape index (κ1) is 14.0. The smallest absolute Gasteiger partial charge is 0.163 e. The summed E-state index contributed by atoms with van der Waals surface area (Å²) in [5.74, 6) is 1.47. The fraction of sp³-hybridized carbons (Fsp3) is 0.125. The van der Waals surface area contributed by atoms with Crippen molar-refractivity contribution in [2.45, 2.75) is 6.54 Å². The van der Waals surface area contributed by atoms with Crippen molar-refractivity contribution in [3.8, 4) is 11.4 Å². The molecule has 0 aliphatic rings. The van der Waals surface area contributed by atoms with Gasteiger partial charge in [-0.2, -0.15) is 0 Å². The first-order valence-corrected chi connectivity index (χ1v) is 7.81. The van der Waals surface area contributed by atoms with E-state index in [-0.39, 0.29) is 0 Å². The molecule has 3 nitrogen and oxygen atoms in total. The Labute approximate surface area is 132 Å². The standard InChI is InChI=1S/C16H14ClN3S/c1-20(11-13-8-5-9-21-13)15-10-14(17)18-16(19-15)12-6-3-2-4-7-12/h2-10H,11H2,1H3. The maximum atomic E-state index is 6.15. The van der Waals surface area contributed by atoms with Gasteiger partial charge in [0.15, 0.2) is 5.82 Å². The first-order chi connectivity index (χ1) is 10.2. The van der Waals surface area contributed by atoms with E-state index < -0.39 is 0 Å². The monoisotopic (exact) mass is 315 g/mol. The van der Waals surface area contributed by atoms with E-state index in [9.17, 15) is 0 Å². The molecule has 0 aliphatic carbocycles. The lowest BCUT2D eigenvalue weighted by atomic mass is 10.2. The van der Waals surface area contributed by atoms with Gasteiger partial charge in [-0.25, -0.2) is 9.97 Å². The molecule has 0 bridgehead atoms. The van der Waals surface area contributed by atoms with E-state index in [0.717, 1.165) is 17.9 Å². The second kappa shape index (κ2) is 6.24. The van der Waals surface area contributed by atoms with Gasteiger partial charge in [-0.3, -0.25) is 0 Å². The number of hydrogen-bond acceptors (Lipinski definition) is 4. The number of anilines is 1. The Hall–Kier alpha value is -1.91. The second-order valence-electron chi connectivity index (χ2n) is 4.67. The molecule has 0 radical (unpaired) electrons. The highest BCUT2D eigenvalue weighted by molar-refractivity contribution is 7.09. The number of aromatic nitrogens is 2. The fourth-order valence-corrected chi connectivity index (χ4v) is 2.97. The maximum Gasteiger partial charge on any atom is 0.163 e. The van der Waals surface area contributed by atoms with E-state index in [0.29, 0.717) is 11.0 Å². The summed E-state index contributed by atoms with van der Waals surface area (Å²) in [6.45, 7) is 0.805. The van der Waals surface area contributed by atoms with Crippen LogP contribution >= 0.6 is 22.9 Å². The van der Waals surface area contributed by atoms with Crippen molar-refractivity contribution in [3.63, 3.8) is 0 Å². The number of hydrogen-bond donors (Lipinski definition) is 0. The number of benzene rings is 1. The zero-order valence-corrected chi connectivity index (χ0v) is 13.1.